The molecule has 0 fully saturated rings. The van der Waals surface area contributed by atoms with E-state index in [1.165, 1.54) is 18.2 Å². The third-order valence-electron chi connectivity index (χ3n) is 3.27. The molecule has 1 N–H and O–H groups in total. The predicted molar refractivity (Wildman–Crippen MR) is 75.6 cm³/mol. The highest BCUT2D eigenvalue weighted by atomic mass is 19.1. The average Bonchev–Trinajstić information content (AvgIpc) is 2.44. The molecule has 0 heterocycles. The van der Waals surface area contributed by atoms with Gasteiger partial charge in [-0.15, -0.1) is 0 Å². The van der Waals surface area contributed by atoms with Gasteiger partial charge in [0.1, 0.15) is 17.5 Å². The van der Waals surface area contributed by atoms with Gasteiger partial charge in [0.2, 0.25) is 0 Å². The zero-order chi connectivity index (χ0) is 15.4. The average molecular weight is 295 g/mol. The van der Waals surface area contributed by atoms with Crippen LogP contribution < -0.4 is 4.90 Å². The smallest absolute Gasteiger partial charge is 0.131 e. The Morgan fingerprint density at radius 2 is 1.76 bits per heavy atom. The van der Waals surface area contributed by atoms with Crippen LogP contribution in [0.15, 0.2) is 42.5 Å². The third-order valence-corrected chi connectivity index (χ3v) is 3.27. The van der Waals surface area contributed by atoms with Crippen LogP contribution in [0.25, 0.3) is 0 Å². The van der Waals surface area contributed by atoms with Gasteiger partial charge in [-0.3, -0.25) is 0 Å². The molecular weight excluding hydrogens is 279 g/mol. The van der Waals surface area contributed by atoms with E-state index in [2.05, 4.69) is 0 Å². The lowest BCUT2D eigenvalue weighted by Crippen LogP contribution is -2.28. The van der Waals surface area contributed by atoms with Crippen LogP contribution in [-0.4, -0.2) is 18.2 Å². The number of halogens is 3. The van der Waals surface area contributed by atoms with Crippen molar-refractivity contribution in [3.05, 3.63) is 65.5 Å². The minimum Gasteiger partial charge on any atom is -0.386 e. The first-order valence-electron chi connectivity index (χ1n) is 6.64. The summed E-state index contributed by atoms with van der Waals surface area (Å²) in [6, 6.07) is 9.00. The van der Waals surface area contributed by atoms with Gasteiger partial charge in [-0.2, -0.15) is 0 Å². The van der Waals surface area contributed by atoms with Gasteiger partial charge in [-0.25, -0.2) is 13.2 Å². The Hall–Kier alpha value is -2.01. The van der Waals surface area contributed by atoms with Crippen molar-refractivity contribution in [2.24, 2.45) is 0 Å². The first-order valence-corrected chi connectivity index (χ1v) is 6.64. The van der Waals surface area contributed by atoms with Crippen molar-refractivity contribution in [1.29, 1.82) is 0 Å². The quantitative estimate of drug-likeness (QED) is 0.910. The summed E-state index contributed by atoms with van der Waals surface area (Å²) in [6.45, 7) is 2.45. The van der Waals surface area contributed by atoms with Crippen LogP contribution in [-0.2, 0) is 0 Å². The number of hydrogen-bond donors (Lipinski definition) is 1. The van der Waals surface area contributed by atoms with Gasteiger partial charge in [0, 0.05) is 30.4 Å². The first-order chi connectivity index (χ1) is 10.0. The molecule has 0 aliphatic heterocycles. The van der Waals surface area contributed by atoms with Crippen molar-refractivity contribution in [1.82, 2.24) is 0 Å². The number of anilines is 1. The molecule has 2 nitrogen and oxygen atoms in total. The summed E-state index contributed by atoms with van der Waals surface area (Å²) in [7, 11) is 0. The molecule has 0 aromatic heterocycles. The standard InChI is InChI=1S/C16H16F3NO/c1-2-20(13-5-3-4-11(17)8-13)10-16(21)14-7-6-12(18)9-15(14)19/h3-9,16,21H,2,10H2,1H3. The second-order valence-electron chi connectivity index (χ2n) is 4.70. The van der Waals surface area contributed by atoms with Gasteiger partial charge in [0.15, 0.2) is 0 Å². The monoisotopic (exact) mass is 295 g/mol. The Labute approximate surface area is 121 Å². The number of aliphatic hydroxyl groups excluding tert-OH is 1. The van der Waals surface area contributed by atoms with E-state index in [-0.39, 0.29) is 17.9 Å². The van der Waals surface area contributed by atoms with Crippen molar-refractivity contribution < 1.29 is 18.3 Å². The fraction of sp³-hybridized carbons (Fsp3) is 0.250. The molecular formula is C16H16F3NO. The summed E-state index contributed by atoms with van der Waals surface area (Å²) in [5.74, 6) is -1.87. The Balaban J connectivity index is 2.18. The number of nitrogens with zero attached hydrogens (tertiary/aromatic N) is 1. The fourth-order valence-corrected chi connectivity index (χ4v) is 2.17. The second kappa shape index (κ2) is 6.63. The zero-order valence-electron chi connectivity index (χ0n) is 11.6. The van der Waals surface area contributed by atoms with Crippen LogP contribution >= 0.6 is 0 Å². The van der Waals surface area contributed by atoms with E-state index in [4.69, 9.17) is 0 Å². The molecule has 0 aliphatic carbocycles. The molecule has 0 spiro atoms. The molecule has 0 saturated heterocycles. The molecule has 21 heavy (non-hydrogen) atoms. The molecule has 2 aromatic carbocycles. The van der Waals surface area contributed by atoms with E-state index >= 15 is 0 Å². The van der Waals surface area contributed by atoms with Crippen LogP contribution in [0.2, 0.25) is 0 Å². The minimum atomic E-state index is -1.13. The number of likely N-dealkylation sites (N-methyl/N-ethyl adjacent to an activating group) is 1. The summed E-state index contributed by atoms with van der Waals surface area (Å²) in [5.41, 5.74) is 0.616. The van der Waals surface area contributed by atoms with E-state index in [0.29, 0.717) is 12.2 Å². The largest absolute Gasteiger partial charge is 0.386 e. The van der Waals surface area contributed by atoms with Crippen molar-refractivity contribution >= 4 is 5.69 Å². The summed E-state index contributed by atoms with van der Waals surface area (Å²) < 4.78 is 39.8. The van der Waals surface area contributed by atoms with Gasteiger partial charge in [-0.05, 0) is 31.2 Å². The van der Waals surface area contributed by atoms with Crippen LogP contribution in [0.1, 0.15) is 18.6 Å². The van der Waals surface area contributed by atoms with Gasteiger partial charge >= 0.3 is 0 Å². The zero-order valence-corrected chi connectivity index (χ0v) is 11.6. The fourth-order valence-electron chi connectivity index (χ4n) is 2.17. The van der Waals surface area contributed by atoms with Crippen LogP contribution in [0.4, 0.5) is 18.9 Å². The van der Waals surface area contributed by atoms with E-state index < -0.39 is 17.7 Å². The maximum Gasteiger partial charge on any atom is 0.131 e. The molecule has 0 bridgehead atoms. The highest BCUT2D eigenvalue weighted by Gasteiger charge is 2.17. The summed E-state index contributed by atoms with van der Waals surface area (Å²) in [4.78, 5) is 1.72. The van der Waals surface area contributed by atoms with E-state index in [0.717, 1.165) is 12.1 Å². The maximum atomic E-state index is 13.6. The van der Waals surface area contributed by atoms with Gasteiger partial charge < -0.3 is 10.0 Å². The lowest BCUT2D eigenvalue weighted by Gasteiger charge is -2.26. The Kier molecular flexibility index (Phi) is 4.85. The lowest BCUT2D eigenvalue weighted by atomic mass is 10.1. The number of benzene rings is 2. The number of hydrogen-bond acceptors (Lipinski definition) is 2. The van der Waals surface area contributed by atoms with E-state index in [1.54, 1.807) is 17.0 Å². The summed E-state index contributed by atoms with van der Waals surface area (Å²) in [5, 5.41) is 10.1. The molecule has 112 valence electrons. The van der Waals surface area contributed by atoms with Gasteiger partial charge in [0.05, 0.1) is 6.10 Å². The Morgan fingerprint density at radius 1 is 1.05 bits per heavy atom. The van der Waals surface area contributed by atoms with Crippen LogP contribution in [0.5, 0.6) is 0 Å². The number of rotatable bonds is 5. The highest BCUT2D eigenvalue weighted by Crippen LogP contribution is 2.22. The SMILES string of the molecule is CCN(CC(O)c1ccc(F)cc1F)c1cccc(F)c1. The summed E-state index contributed by atoms with van der Waals surface area (Å²) >= 11 is 0. The van der Waals surface area contributed by atoms with Crippen molar-refractivity contribution in [2.75, 3.05) is 18.0 Å². The number of aliphatic hydroxyl groups is 1. The molecule has 5 heteroatoms. The van der Waals surface area contributed by atoms with E-state index in [1.807, 2.05) is 6.92 Å². The lowest BCUT2D eigenvalue weighted by molar-refractivity contribution is 0.178. The van der Waals surface area contributed by atoms with Crippen LogP contribution in [0.3, 0.4) is 0 Å². The molecule has 1 atom stereocenters. The molecule has 2 rings (SSSR count). The highest BCUT2D eigenvalue weighted by molar-refractivity contribution is 5.46. The molecule has 0 saturated carbocycles. The first kappa shape index (κ1) is 15.4. The summed E-state index contributed by atoms with van der Waals surface area (Å²) in [6.07, 6.45) is -1.13. The topological polar surface area (TPSA) is 23.5 Å². The normalized spacial score (nSPS) is 12.2. The van der Waals surface area contributed by atoms with Crippen molar-refractivity contribution in [3.8, 4) is 0 Å². The molecule has 0 aliphatic rings. The van der Waals surface area contributed by atoms with E-state index in [9.17, 15) is 18.3 Å². The van der Waals surface area contributed by atoms with Gasteiger partial charge in [0.25, 0.3) is 0 Å². The van der Waals surface area contributed by atoms with Crippen molar-refractivity contribution in [2.45, 2.75) is 13.0 Å². The van der Waals surface area contributed by atoms with Crippen LogP contribution in [0, 0.1) is 17.5 Å². The Bertz CT molecular complexity index is 618. The predicted octanol–water partition coefficient (Wildman–Crippen LogP) is 3.66. The molecule has 0 amide bonds. The van der Waals surface area contributed by atoms with Gasteiger partial charge in [-0.1, -0.05) is 12.1 Å². The van der Waals surface area contributed by atoms with Crippen molar-refractivity contribution in [3.63, 3.8) is 0 Å². The molecule has 0 radical (unpaired) electrons. The molecule has 2 aromatic rings. The maximum absolute atomic E-state index is 13.6. The minimum absolute atomic E-state index is 0.0197. The molecule has 1 unspecified atom stereocenters. The second-order valence-corrected chi connectivity index (χ2v) is 4.70. The Morgan fingerprint density at radius 3 is 2.38 bits per heavy atom. The third kappa shape index (κ3) is 3.76.